The van der Waals surface area contributed by atoms with E-state index in [1.165, 1.54) is 4.90 Å². The topological polar surface area (TPSA) is 46.3 Å². The van der Waals surface area contributed by atoms with E-state index in [4.69, 9.17) is 18.0 Å². The summed E-state index contributed by atoms with van der Waals surface area (Å²) in [5, 5.41) is 0. The zero-order valence-electron chi connectivity index (χ0n) is 10.8. The lowest BCUT2D eigenvalue weighted by Crippen LogP contribution is -2.47. The van der Waals surface area contributed by atoms with Gasteiger partial charge in [0.1, 0.15) is 0 Å². The second-order valence-corrected chi connectivity index (χ2v) is 5.70. The first kappa shape index (κ1) is 15.3. The molecule has 2 N–H and O–H groups in total. The van der Waals surface area contributed by atoms with Crippen LogP contribution in [-0.2, 0) is 4.79 Å². The zero-order chi connectivity index (χ0) is 13.9. The summed E-state index contributed by atoms with van der Waals surface area (Å²) in [7, 11) is 0. The quantitative estimate of drug-likeness (QED) is 0.803. The molecule has 0 heterocycles. The molecule has 1 fully saturated rings. The SMILES string of the molecule is CC(C)N(CC(N)=S)C(=O)C1CCCC(F)(F)C1. The minimum absolute atomic E-state index is 0.0884. The van der Waals surface area contributed by atoms with Gasteiger partial charge in [0.15, 0.2) is 0 Å². The molecule has 0 bridgehead atoms. The van der Waals surface area contributed by atoms with E-state index >= 15 is 0 Å². The van der Waals surface area contributed by atoms with Crippen molar-refractivity contribution in [3.05, 3.63) is 0 Å². The van der Waals surface area contributed by atoms with Crippen LogP contribution in [0.5, 0.6) is 0 Å². The lowest BCUT2D eigenvalue weighted by molar-refractivity contribution is -0.143. The summed E-state index contributed by atoms with van der Waals surface area (Å²) < 4.78 is 26.6. The van der Waals surface area contributed by atoms with Gasteiger partial charge in [0.25, 0.3) is 0 Å². The predicted molar refractivity (Wildman–Crippen MR) is 70.5 cm³/mol. The molecule has 104 valence electrons. The molecule has 0 aromatic heterocycles. The molecule has 1 aliphatic rings. The molecule has 0 radical (unpaired) electrons. The van der Waals surface area contributed by atoms with Crippen LogP contribution < -0.4 is 5.73 Å². The Morgan fingerprint density at radius 2 is 2.17 bits per heavy atom. The first-order valence-corrected chi connectivity index (χ1v) is 6.60. The molecule has 1 aliphatic carbocycles. The van der Waals surface area contributed by atoms with Gasteiger partial charge in [-0.2, -0.15) is 0 Å². The number of nitrogens with zero attached hydrogens (tertiary/aromatic N) is 1. The smallest absolute Gasteiger partial charge is 0.248 e. The summed E-state index contributed by atoms with van der Waals surface area (Å²) in [6.07, 6.45) is 0.442. The van der Waals surface area contributed by atoms with Crippen molar-refractivity contribution in [2.45, 2.75) is 51.5 Å². The highest BCUT2D eigenvalue weighted by Gasteiger charge is 2.40. The van der Waals surface area contributed by atoms with Gasteiger partial charge in [-0.05, 0) is 26.7 Å². The molecule has 1 unspecified atom stereocenters. The van der Waals surface area contributed by atoms with Crippen LogP contribution in [0.3, 0.4) is 0 Å². The molecule has 6 heteroatoms. The van der Waals surface area contributed by atoms with E-state index in [1.807, 2.05) is 13.8 Å². The van der Waals surface area contributed by atoms with Crippen molar-refractivity contribution < 1.29 is 13.6 Å². The molecule has 1 atom stereocenters. The second kappa shape index (κ2) is 5.91. The maximum atomic E-state index is 13.3. The van der Waals surface area contributed by atoms with Crippen molar-refractivity contribution in [2.24, 2.45) is 11.7 Å². The Balaban J connectivity index is 2.73. The van der Waals surface area contributed by atoms with Crippen LogP contribution in [0, 0.1) is 5.92 Å². The van der Waals surface area contributed by atoms with Gasteiger partial charge in [0.05, 0.1) is 11.5 Å². The average molecular weight is 278 g/mol. The number of carbonyl (C=O) groups excluding carboxylic acids is 1. The molecule has 1 rings (SSSR count). The molecule has 0 aromatic carbocycles. The van der Waals surface area contributed by atoms with E-state index < -0.39 is 11.8 Å². The van der Waals surface area contributed by atoms with Gasteiger partial charge < -0.3 is 10.6 Å². The molecule has 0 spiro atoms. The largest absolute Gasteiger partial charge is 0.392 e. The maximum absolute atomic E-state index is 13.3. The molecule has 18 heavy (non-hydrogen) atoms. The van der Waals surface area contributed by atoms with E-state index in [0.29, 0.717) is 12.8 Å². The molecular formula is C12H20F2N2OS. The summed E-state index contributed by atoms with van der Waals surface area (Å²) in [5.41, 5.74) is 5.44. The third-order valence-electron chi connectivity index (χ3n) is 3.22. The third-order valence-corrected chi connectivity index (χ3v) is 3.35. The average Bonchev–Trinajstić information content (AvgIpc) is 2.23. The third kappa shape index (κ3) is 4.15. The van der Waals surface area contributed by atoms with Gasteiger partial charge >= 0.3 is 0 Å². The summed E-state index contributed by atoms with van der Waals surface area (Å²) in [4.78, 5) is 13.9. The molecular weight excluding hydrogens is 258 g/mol. The monoisotopic (exact) mass is 278 g/mol. The van der Waals surface area contributed by atoms with Crippen LogP contribution in [0.1, 0.15) is 39.5 Å². The number of hydrogen-bond donors (Lipinski definition) is 1. The molecule has 3 nitrogen and oxygen atoms in total. The van der Waals surface area contributed by atoms with Crippen LogP contribution >= 0.6 is 12.2 Å². The summed E-state index contributed by atoms with van der Waals surface area (Å²) in [6.45, 7) is 3.82. The van der Waals surface area contributed by atoms with E-state index in [2.05, 4.69) is 0 Å². The fraction of sp³-hybridized carbons (Fsp3) is 0.833. The van der Waals surface area contributed by atoms with Crippen molar-refractivity contribution in [1.82, 2.24) is 4.90 Å². The molecule has 0 aliphatic heterocycles. The van der Waals surface area contributed by atoms with Crippen LogP contribution in [-0.4, -0.2) is 34.3 Å². The fourth-order valence-corrected chi connectivity index (χ4v) is 2.44. The highest BCUT2D eigenvalue weighted by atomic mass is 32.1. The van der Waals surface area contributed by atoms with E-state index in [-0.39, 0.29) is 36.3 Å². The number of nitrogens with two attached hydrogens (primary N) is 1. The Labute approximate surface area is 112 Å². The lowest BCUT2D eigenvalue weighted by atomic mass is 9.85. The zero-order valence-corrected chi connectivity index (χ0v) is 11.6. The molecule has 1 amide bonds. The Morgan fingerprint density at radius 3 is 2.61 bits per heavy atom. The number of amides is 1. The van der Waals surface area contributed by atoms with Gasteiger partial charge in [-0.3, -0.25) is 4.79 Å². The molecule has 0 aromatic rings. The second-order valence-electron chi connectivity index (χ2n) is 5.18. The number of rotatable bonds is 4. The number of alkyl halides is 2. The van der Waals surface area contributed by atoms with E-state index in [0.717, 1.165) is 0 Å². The standard InChI is InChI=1S/C12H20F2N2OS/c1-8(2)16(7-10(15)18)11(17)9-4-3-5-12(13,14)6-9/h8-9H,3-7H2,1-2H3,(H2,15,18). The highest BCUT2D eigenvalue weighted by Crippen LogP contribution is 2.37. The van der Waals surface area contributed by atoms with Crippen molar-refractivity contribution in [2.75, 3.05) is 6.54 Å². The summed E-state index contributed by atoms with van der Waals surface area (Å²) in [5.74, 6) is -3.58. The number of thiocarbonyl (C=S) groups is 1. The normalized spacial score (nSPS) is 22.8. The van der Waals surface area contributed by atoms with E-state index in [9.17, 15) is 13.6 Å². The molecule has 1 saturated carbocycles. The lowest BCUT2D eigenvalue weighted by Gasteiger charge is -2.34. The van der Waals surface area contributed by atoms with Gasteiger partial charge in [-0.1, -0.05) is 12.2 Å². The minimum Gasteiger partial charge on any atom is -0.392 e. The van der Waals surface area contributed by atoms with Crippen molar-refractivity contribution in [3.63, 3.8) is 0 Å². The molecule has 0 saturated heterocycles. The Hall–Kier alpha value is -0.780. The van der Waals surface area contributed by atoms with E-state index in [1.54, 1.807) is 0 Å². The summed E-state index contributed by atoms with van der Waals surface area (Å²) in [6, 6.07) is -0.0884. The highest BCUT2D eigenvalue weighted by molar-refractivity contribution is 7.80. The fourth-order valence-electron chi connectivity index (χ4n) is 2.30. The number of carbonyl (C=O) groups is 1. The maximum Gasteiger partial charge on any atom is 0.248 e. The first-order valence-electron chi connectivity index (χ1n) is 6.19. The van der Waals surface area contributed by atoms with Crippen molar-refractivity contribution in [1.29, 1.82) is 0 Å². The van der Waals surface area contributed by atoms with Crippen LogP contribution in [0.15, 0.2) is 0 Å². The van der Waals surface area contributed by atoms with Crippen molar-refractivity contribution >= 4 is 23.1 Å². The van der Waals surface area contributed by atoms with Gasteiger partial charge in [0, 0.05) is 24.8 Å². The van der Waals surface area contributed by atoms with Crippen LogP contribution in [0.2, 0.25) is 0 Å². The minimum atomic E-state index is -2.72. The number of hydrogen-bond acceptors (Lipinski definition) is 2. The van der Waals surface area contributed by atoms with Crippen LogP contribution in [0.4, 0.5) is 8.78 Å². The van der Waals surface area contributed by atoms with Gasteiger partial charge in [0.2, 0.25) is 11.8 Å². The van der Waals surface area contributed by atoms with Gasteiger partial charge in [-0.15, -0.1) is 0 Å². The predicted octanol–water partition coefficient (Wildman–Crippen LogP) is 2.34. The number of halogens is 2. The Kier molecular flexibility index (Phi) is 5.01. The summed E-state index contributed by atoms with van der Waals surface area (Å²) >= 11 is 4.79. The van der Waals surface area contributed by atoms with Crippen molar-refractivity contribution in [3.8, 4) is 0 Å². The van der Waals surface area contributed by atoms with Gasteiger partial charge in [-0.25, -0.2) is 8.78 Å². The van der Waals surface area contributed by atoms with Crippen LogP contribution in [0.25, 0.3) is 0 Å². The Morgan fingerprint density at radius 1 is 1.56 bits per heavy atom. The Bertz CT molecular complexity index is 334. The first-order chi connectivity index (χ1) is 8.23.